The van der Waals surface area contributed by atoms with E-state index in [4.69, 9.17) is 23.2 Å². The lowest BCUT2D eigenvalue weighted by Gasteiger charge is -2.21. The van der Waals surface area contributed by atoms with Crippen molar-refractivity contribution >= 4 is 52.8 Å². The number of halogens is 2. The molecule has 0 aliphatic heterocycles. The summed E-state index contributed by atoms with van der Waals surface area (Å²) in [5.74, 6) is -1.21. The molecule has 0 saturated heterocycles. The van der Waals surface area contributed by atoms with Crippen molar-refractivity contribution in [1.29, 1.82) is 0 Å². The Balaban J connectivity index is 1.69. The first-order chi connectivity index (χ1) is 17.3. The fraction of sp³-hybridized carbons (Fsp3) is 0.185. The molecule has 7 nitrogen and oxygen atoms in total. The first-order valence-electron chi connectivity index (χ1n) is 11.2. The van der Waals surface area contributed by atoms with Crippen molar-refractivity contribution in [3.63, 3.8) is 0 Å². The molecule has 186 valence electrons. The van der Waals surface area contributed by atoms with Crippen LogP contribution in [0, 0.1) is 0 Å². The van der Waals surface area contributed by atoms with Crippen LogP contribution in [0.15, 0.2) is 78.6 Å². The van der Waals surface area contributed by atoms with Crippen LogP contribution in [0.3, 0.4) is 0 Å². The number of aromatic nitrogens is 2. The van der Waals surface area contributed by atoms with Gasteiger partial charge in [-0.05, 0) is 56.2 Å². The van der Waals surface area contributed by atoms with E-state index in [-0.39, 0.29) is 22.0 Å². The van der Waals surface area contributed by atoms with E-state index >= 15 is 0 Å². The molecule has 2 aromatic carbocycles. The third kappa shape index (κ3) is 7.41. The third-order valence-electron chi connectivity index (χ3n) is 5.16. The van der Waals surface area contributed by atoms with Crippen molar-refractivity contribution in [2.75, 3.05) is 11.4 Å². The van der Waals surface area contributed by atoms with E-state index in [0.717, 1.165) is 11.3 Å². The molecule has 0 saturated carbocycles. The number of amides is 1. The Morgan fingerprint density at radius 3 is 2.25 bits per heavy atom. The van der Waals surface area contributed by atoms with Crippen LogP contribution in [0.2, 0.25) is 10.0 Å². The number of anilines is 2. The number of nitrogens with zero attached hydrogens (tertiary/aromatic N) is 3. The number of allylic oxidation sites excluding steroid dienone is 1. The minimum Gasteiger partial charge on any atom is -0.480 e. The number of carbonyl (C=O) groups is 2. The van der Waals surface area contributed by atoms with E-state index < -0.39 is 17.9 Å². The number of benzene rings is 2. The first kappa shape index (κ1) is 26.9. The maximum atomic E-state index is 12.6. The zero-order valence-electron chi connectivity index (χ0n) is 19.9. The van der Waals surface area contributed by atoms with E-state index in [1.165, 1.54) is 17.7 Å². The Morgan fingerprint density at radius 1 is 1.03 bits per heavy atom. The molecule has 3 aromatic rings. The molecule has 3 rings (SSSR count). The quantitative estimate of drug-likeness (QED) is 0.307. The van der Waals surface area contributed by atoms with Crippen LogP contribution in [-0.4, -0.2) is 39.5 Å². The number of hydrogen-bond acceptors (Lipinski definition) is 5. The molecule has 0 bridgehead atoms. The van der Waals surface area contributed by atoms with Crippen molar-refractivity contribution in [2.24, 2.45) is 0 Å². The van der Waals surface area contributed by atoms with E-state index in [2.05, 4.69) is 21.4 Å². The molecule has 1 atom stereocenters. The third-order valence-corrected chi connectivity index (χ3v) is 5.79. The second-order valence-electron chi connectivity index (χ2n) is 8.13. The second-order valence-corrected chi connectivity index (χ2v) is 8.95. The molecule has 1 unspecified atom stereocenters. The molecule has 0 fully saturated rings. The zero-order valence-corrected chi connectivity index (χ0v) is 21.4. The Morgan fingerprint density at radius 2 is 1.67 bits per heavy atom. The fourth-order valence-electron chi connectivity index (χ4n) is 3.28. The SMILES string of the molecule is CC(C)=CCN(c1ccc(/C=C/CC(NC(=O)c2c(Cl)cccc2Cl)C(=O)O)cc1)c1ncccn1. The Hall–Kier alpha value is -3.68. The number of nitrogens with one attached hydrogen (secondary N) is 1. The van der Waals surface area contributed by atoms with Gasteiger partial charge in [-0.25, -0.2) is 14.8 Å². The van der Waals surface area contributed by atoms with E-state index in [1.807, 2.05) is 43.0 Å². The summed E-state index contributed by atoms with van der Waals surface area (Å²) in [6, 6.07) is 13.0. The average molecular weight is 525 g/mol. The van der Waals surface area contributed by atoms with Crippen molar-refractivity contribution in [3.05, 3.63) is 99.8 Å². The lowest BCUT2D eigenvalue weighted by Crippen LogP contribution is -2.40. The van der Waals surface area contributed by atoms with Gasteiger partial charge in [0.25, 0.3) is 5.91 Å². The Bertz CT molecular complexity index is 1240. The van der Waals surface area contributed by atoms with Crippen molar-refractivity contribution < 1.29 is 14.7 Å². The largest absolute Gasteiger partial charge is 0.480 e. The average Bonchev–Trinajstić information content (AvgIpc) is 2.84. The molecule has 0 aliphatic rings. The summed E-state index contributed by atoms with van der Waals surface area (Å²) in [7, 11) is 0. The molecule has 0 radical (unpaired) electrons. The summed E-state index contributed by atoms with van der Waals surface area (Å²) in [4.78, 5) is 35.0. The monoisotopic (exact) mass is 524 g/mol. The fourth-order valence-corrected chi connectivity index (χ4v) is 3.85. The molecule has 1 heterocycles. The van der Waals surface area contributed by atoms with Crippen LogP contribution in [0.25, 0.3) is 6.08 Å². The van der Waals surface area contributed by atoms with Gasteiger partial charge in [0.15, 0.2) is 0 Å². The number of aliphatic carboxylic acids is 1. The zero-order chi connectivity index (χ0) is 26.1. The highest BCUT2D eigenvalue weighted by atomic mass is 35.5. The lowest BCUT2D eigenvalue weighted by molar-refractivity contribution is -0.139. The molecule has 36 heavy (non-hydrogen) atoms. The highest BCUT2D eigenvalue weighted by molar-refractivity contribution is 6.39. The highest BCUT2D eigenvalue weighted by Gasteiger charge is 2.22. The first-order valence-corrected chi connectivity index (χ1v) is 11.9. The van der Waals surface area contributed by atoms with Crippen LogP contribution >= 0.6 is 23.2 Å². The summed E-state index contributed by atoms with van der Waals surface area (Å²) < 4.78 is 0. The summed E-state index contributed by atoms with van der Waals surface area (Å²) in [5.41, 5.74) is 3.03. The van der Waals surface area contributed by atoms with E-state index in [0.29, 0.717) is 12.5 Å². The van der Waals surface area contributed by atoms with E-state index in [1.54, 1.807) is 36.7 Å². The van der Waals surface area contributed by atoms with Gasteiger partial charge in [-0.2, -0.15) is 0 Å². The summed E-state index contributed by atoms with van der Waals surface area (Å²) in [6.45, 7) is 4.69. The predicted molar refractivity (Wildman–Crippen MR) is 144 cm³/mol. The Kier molecular flexibility index (Phi) is 9.61. The summed E-state index contributed by atoms with van der Waals surface area (Å²) in [6.07, 6.45) is 9.08. The summed E-state index contributed by atoms with van der Waals surface area (Å²) >= 11 is 12.1. The van der Waals surface area contributed by atoms with Crippen LogP contribution in [0.4, 0.5) is 11.6 Å². The van der Waals surface area contributed by atoms with Gasteiger partial charge in [0, 0.05) is 24.6 Å². The molecule has 1 amide bonds. The van der Waals surface area contributed by atoms with Gasteiger partial charge in [-0.3, -0.25) is 4.79 Å². The van der Waals surface area contributed by atoms with Gasteiger partial charge in [-0.1, -0.05) is 65.2 Å². The molecule has 2 N–H and O–H groups in total. The second kappa shape index (κ2) is 12.9. The molecule has 0 aliphatic carbocycles. The van der Waals surface area contributed by atoms with Crippen molar-refractivity contribution in [3.8, 4) is 0 Å². The topological polar surface area (TPSA) is 95.4 Å². The Labute approximate surface area is 220 Å². The number of carbonyl (C=O) groups excluding carboxylic acids is 1. The van der Waals surface area contributed by atoms with Crippen LogP contribution < -0.4 is 10.2 Å². The van der Waals surface area contributed by atoms with Gasteiger partial charge in [0.05, 0.1) is 15.6 Å². The van der Waals surface area contributed by atoms with Crippen molar-refractivity contribution in [1.82, 2.24) is 15.3 Å². The van der Waals surface area contributed by atoms with Gasteiger partial charge in [0.2, 0.25) is 5.95 Å². The molecule has 0 spiro atoms. The standard InChI is InChI=1S/C27H26Cl2N4O3/c1-18(2)14-17-33(27-30-15-5-16-31-27)20-12-10-19(11-13-20)6-3-9-23(26(35)36)32-25(34)24-21(28)7-4-8-22(24)29/h3-8,10-16,23H,9,17H2,1-2H3,(H,32,34)(H,35,36)/b6-3+. The summed E-state index contributed by atoms with van der Waals surface area (Å²) in [5, 5.41) is 12.3. The van der Waals surface area contributed by atoms with Gasteiger partial charge >= 0.3 is 5.97 Å². The minimum absolute atomic E-state index is 0.0479. The van der Waals surface area contributed by atoms with Crippen molar-refractivity contribution in [2.45, 2.75) is 26.3 Å². The highest BCUT2D eigenvalue weighted by Crippen LogP contribution is 2.25. The molecule has 1 aromatic heterocycles. The normalized spacial score (nSPS) is 11.7. The number of hydrogen-bond donors (Lipinski definition) is 2. The lowest BCUT2D eigenvalue weighted by atomic mass is 10.1. The minimum atomic E-state index is -1.16. The van der Waals surface area contributed by atoms with E-state index in [9.17, 15) is 14.7 Å². The maximum Gasteiger partial charge on any atom is 0.326 e. The van der Waals surface area contributed by atoms with Gasteiger partial charge in [-0.15, -0.1) is 0 Å². The van der Waals surface area contributed by atoms with Crippen LogP contribution in [-0.2, 0) is 4.79 Å². The predicted octanol–water partition coefficient (Wildman–Crippen LogP) is 6.17. The van der Waals surface area contributed by atoms with Gasteiger partial charge in [0.1, 0.15) is 6.04 Å². The maximum absolute atomic E-state index is 12.6. The van der Waals surface area contributed by atoms with Crippen LogP contribution in [0.5, 0.6) is 0 Å². The number of rotatable bonds is 10. The number of carboxylic acid groups (broad SMARTS) is 1. The molecular formula is C27H26Cl2N4O3. The molecule has 9 heteroatoms. The molecular weight excluding hydrogens is 499 g/mol. The smallest absolute Gasteiger partial charge is 0.326 e. The van der Waals surface area contributed by atoms with Gasteiger partial charge < -0.3 is 15.3 Å². The van der Waals surface area contributed by atoms with Crippen LogP contribution in [0.1, 0.15) is 36.2 Å². The number of carboxylic acids is 1.